The molecule has 0 radical (unpaired) electrons. The molecule has 1 aromatic heterocycles. The van der Waals surface area contributed by atoms with Gasteiger partial charge in [-0.05, 0) is 6.42 Å². The fourth-order valence-electron chi connectivity index (χ4n) is 1.59. The SMILES string of the molecule is CC.CC(C)c1ncc2c(n1)N(C)CC2. The van der Waals surface area contributed by atoms with Crippen molar-refractivity contribution in [1.29, 1.82) is 0 Å². The minimum Gasteiger partial charge on any atom is -0.359 e. The average Bonchev–Trinajstić information content (AvgIpc) is 2.63. The van der Waals surface area contributed by atoms with Gasteiger partial charge in [0, 0.05) is 31.3 Å². The van der Waals surface area contributed by atoms with Crippen LogP contribution in [0.25, 0.3) is 0 Å². The molecule has 2 rings (SSSR count). The fourth-order valence-corrected chi connectivity index (χ4v) is 1.59. The molecule has 3 nitrogen and oxygen atoms in total. The van der Waals surface area contributed by atoms with Crippen LogP contribution in [0.4, 0.5) is 5.82 Å². The summed E-state index contributed by atoms with van der Waals surface area (Å²) in [5.41, 5.74) is 1.28. The van der Waals surface area contributed by atoms with Gasteiger partial charge in [-0.15, -0.1) is 0 Å². The highest BCUT2D eigenvalue weighted by Crippen LogP contribution is 2.24. The quantitative estimate of drug-likeness (QED) is 0.709. The van der Waals surface area contributed by atoms with Crippen LogP contribution in [-0.2, 0) is 6.42 Å². The molecule has 0 saturated carbocycles. The van der Waals surface area contributed by atoms with Gasteiger partial charge in [0.2, 0.25) is 0 Å². The number of hydrogen-bond donors (Lipinski definition) is 0. The van der Waals surface area contributed by atoms with Gasteiger partial charge in [-0.1, -0.05) is 27.7 Å². The summed E-state index contributed by atoms with van der Waals surface area (Å²) in [6, 6.07) is 0. The Labute approximate surface area is 92.6 Å². The maximum atomic E-state index is 4.55. The van der Waals surface area contributed by atoms with E-state index in [1.807, 2.05) is 20.0 Å². The van der Waals surface area contributed by atoms with E-state index in [0.717, 1.165) is 24.6 Å². The summed E-state index contributed by atoms with van der Waals surface area (Å²) in [4.78, 5) is 11.1. The standard InChI is InChI=1S/C10H15N3.C2H6/c1-7(2)9-11-6-8-4-5-13(3)10(8)12-9;1-2/h6-7H,4-5H2,1-3H3;1-2H3. The monoisotopic (exact) mass is 207 g/mol. The highest BCUT2D eigenvalue weighted by atomic mass is 15.2. The number of likely N-dealkylation sites (N-methyl/N-ethyl adjacent to an activating group) is 1. The Morgan fingerprint density at radius 2 is 2.00 bits per heavy atom. The van der Waals surface area contributed by atoms with Crippen molar-refractivity contribution in [2.24, 2.45) is 0 Å². The predicted molar refractivity (Wildman–Crippen MR) is 64.4 cm³/mol. The third-order valence-corrected chi connectivity index (χ3v) is 2.45. The van der Waals surface area contributed by atoms with E-state index in [-0.39, 0.29) is 0 Å². The number of nitrogens with zero attached hydrogens (tertiary/aromatic N) is 3. The second-order valence-corrected chi connectivity index (χ2v) is 3.90. The topological polar surface area (TPSA) is 29.0 Å². The van der Waals surface area contributed by atoms with E-state index in [0.29, 0.717) is 5.92 Å². The molecule has 0 spiro atoms. The molecule has 15 heavy (non-hydrogen) atoms. The van der Waals surface area contributed by atoms with Crippen LogP contribution in [0.15, 0.2) is 6.20 Å². The van der Waals surface area contributed by atoms with Gasteiger partial charge in [0.15, 0.2) is 0 Å². The Hall–Kier alpha value is -1.12. The molecule has 84 valence electrons. The number of fused-ring (bicyclic) bond motifs is 1. The maximum Gasteiger partial charge on any atom is 0.135 e. The molecule has 0 unspecified atom stereocenters. The zero-order valence-corrected chi connectivity index (χ0v) is 10.4. The summed E-state index contributed by atoms with van der Waals surface area (Å²) in [5, 5.41) is 0. The van der Waals surface area contributed by atoms with E-state index >= 15 is 0 Å². The molecule has 0 fully saturated rings. The van der Waals surface area contributed by atoms with Gasteiger partial charge in [-0.3, -0.25) is 0 Å². The first-order valence-corrected chi connectivity index (χ1v) is 5.75. The van der Waals surface area contributed by atoms with Crippen LogP contribution in [0, 0.1) is 0 Å². The first-order valence-electron chi connectivity index (χ1n) is 5.75. The molecule has 2 heterocycles. The summed E-state index contributed by atoms with van der Waals surface area (Å²) >= 11 is 0. The largest absolute Gasteiger partial charge is 0.359 e. The van der Waals surface area contributed by atoms with Crippen molar-refractivity contribution in [2.45, 2.75) is 40.0 Å². The molecule has 3 heteroatoms. The maximum absolute atomic E-state index is 4.55. The van der Waals surface area contributed by atoms with Crippen molar-refractivity contribution in [3.05, 3.63) is 17.6 Å². The van der Waals surface area contributed by atoms with Gasteiger partial charge in [-0.25, -0.2) is 9.97 Å². The van der Waals surface area contributed by atoms with E-state index in [4.69, 9.17) is 0 Å². The Morgan fingerprint density at radius 3 is 2.60 bits per heavy atom. The molecule has 0 amide bonds. The predicted octanol–water partition coefficient (Wildman–Crippen LogP) is 2.62. The Bertz CT molecular complexity index is 321. The molecule has 0 aliphatic carbocycles. The highest BCUT2D eigenvalue weighted by Gasteiger charge is 2.18. The van der Waals surface area contributed by atoms with Crippen molar-refractivity contribution in [3.8, 4) is 0 Å². The number of rotatable bonds is 1. The third kappa shape index (κ3) is 2.46. The molecule has 0 N–H and O–H groups in total. The van der Waals surface area contributed by atoms with Crippen LogP contribution in [0.3, 0.4) is 0 Å². The molecular formula is C12H21N3. The first-order chi connectivity index (χ1) is 7.18. The van der Waals surface area contributed by atoms with Crippen LogP contribution in [0.1, 0.15) is 45.0 Å². The number of anilines is 1. The zero-order valence-electron chi connectivity index (χ0n) is 10.4. The average molecular weight is 207 g/mol. The van der Waals surface area contributed by atoms with E-state index < -0.39 is 0 Å². The van der Waals surface area contributed by atoms with E-state index in [2.05, 4.69) is 35.8 Å². The van der Waals surface area contributed by atoms with Gasteiger partial charge in [-0.2, -0.15) is 0 Å². The molecule has 1 aromatic rings. The van der Waals surface area contributed by atoms with Gasteiger partial charge < -0.3 is 4.90 Å². The third-order valence-electron chi connectivity index (χ3n) is 2.45. The normalized spacial score (nSPS) is 13.6. The molecule has 0 bridgehead atoms. The van der Waals surface area contributed by atoms with Crippen LogP contribution < -0.4 is 4.90 Å². The summed E-state index contributed by atoms with van der Waals surface area (Å²) < 4.78 is 0. The van der Waals surface area contributed by atoms with Crippen molar-refractivity contribution < 1.29 is 0 Å². The number of hydrogen-bond acceptors (Lipinski definition) is 3. The lowest BCUT2D eigenvalue weighted by Gasteiger charge is -2.12. The van der Waals surface area contributed by atoms with Crippen molar-refractivity contribution >= 4 is 5.82 Å². The van der Waals surface area contributed by atoms with Crippen LogP contribution in [0.2, 0.25) is 0 Å². The molecule has 1 aliphatic heterocycles. The minimum atomic E-state index is 0.416. The molecule has 1 aliphatic rings. The molecule has 0 atom stereocenters. The number of aromatic nitrogens is 2. The fraction of sp³-hybridized carbons (Fsp3) is 0.667. The zero-order chi connectivity index (χ0) is 11.4. The molecule has 0 saturated heterocycles. The highest BCUT2D eigenvalue weighted by molar-refractivity contribution is 5.50. The van der Waals surface area contributed by atoms with Gasteiger partial charge in [0.25, 0.3) is 0 Å². The van der Waals surface area contributed by atoms with Crippen molar-refractivity contribution in [3.63, 3.8) is 0 Å². The van der Waals surface area contributed by atoms with E-state index in [1.165, 1.54) is 5.56 Å². The molecular weight excluding hydrogens is 186 g/mol. The first kappa shape index (κ1) is 12.0. The van der Waals surface area contributed by atoms with Gasteiger partial charge >= 0.3 is 0 Å². The van der Waals surface area contributed by atoms with E-state index in [9.17, 15) is 0 Å². The van der Waals surface area contributed by atoms with Crippen LogP contribution >= 0.6 is 0 Å². The lowest BCUT2D eigenvalue weighted by molar-refractivity contribution is 0.771. The summed E-state index contributed by atoms with van der Waals surface area (Å²) in [6.45, 7) is 9.32. The molecule has 0 aromatic carbocycles. The second-order valence-electron chi connectivity index (χ2n) is 3.90. The minimum absolute atomic E-state index is 0.416. The lowest BCUT2D eigenvalue weighted by atomic mass is 10.2. The summed E-state index contributed by atoms with van der Waals surface area (Å²) in [6.07, 6.45) is 3.06. The smallest absolute Gasteiger partial charge is 0.135 e. The summed E-state index contributed by atoms with van der Waals surface area (Å²) in [7, 11) is 2.09. The van der Waals surface area contributed by atoms with E-state index in [1.54, 1.807) is 0 Å². The lowest BCUT2D eigenvalue weighted by Crippen LogP contribution is -2.14. The second kappa shape index (κ2) is 5.10. The van der Waals surface area contributed by atoms with Crippen LogP contribution in [0.5, 0.6) is 0 Å². The van der Waals surface area contributed by atoms with Crippen LogP contribution in [-0.4, -0.2) is 23.6 Å². The van der Waals surface area contributed by atoms with Crippen molar-refractivity contribution in [1.82, 2.24) is 9.97 Å². The van der Waals surface area contributed by atoms with Gasteiger partial charge in [0.05, 0.1) is 0 Å². The Morgan fingerprint density at radius 1 is 1.33 bits per heavy atom. The Balaban J connectivity index is 0.000000531. The summed E-state index contributed by atoms with van der Waals surface area (Å²) in [5.74, 6) is 2.49. The Kier molecular flexibility index (Phi) is 4.06. The van der Waals surface area contributed by atoms with Crippen molar-refractivity contribution in [2.75, 3.05) is 18.5 Å². The van der Waals surface area contributed by atoms with Gasteiger partial charge in [0.1, 0.15) is 11.6 Å².